The zero-order valence-electron chi connectivity index (χ0n) is 19.5. The van der Waals surface area contributed by atoms with Crippen molar-refractivity contribution in [1.82, 2.24) is 4.57 Å². The summed E-state index contributed by atoms with van der Waals surface area (Å²) in [5, 5.41) is 2.42. The second kappa shape index (κ2) is 6.85. The zero-order chi connectivity index (χ0) is 24.1. The summed E-state index contributed by atoms with van der Waals surface area (Å²) in [5.41, 5.74) is 9.40. The lowest BCUT2D eigenvalue weighted by Gasteiger charge is -2.40. The van der Waals surface area contributed by atoms with Crippen LogP contribution in [0.25, 0.3) is 27.5 Å². The van der Waals surface area contributed by atoms with Crippen LogP contribution >= 0.6 is 0 Å². The number of nitrogens with zero attached hydrogens (tertiary/aromatic N) is 2. The highest BCUT2D eigenvalue weighted by Gasteiger charge is 2.42. The number of fused-ring (bicyclic) bond motifs is 7. The normalized spacial score (nSPS) is 13.3. The number of benzene rings is 5. The SMILES string of the molecule is Cc1ccc2c(c1)B1c3c(cccc3-n3c4ccccc4c4cccc1c43)N2c1c(F)cccc1F. The van der Waals surface area contributed by atoms with Crippen molar-refractivity contribution in [2.24, 2.45) is 0 Å². The first-order chi connectivity index (χ1) is 17.6. The van der Waals surface area contributed by atoms with Crippen LogP contribution in [0.5, 0.6) is 0 Å². The first-order valence-corrected chi connectivity index (χ1v) is 12.1. The van der Waals surface area contributed by atoms with E-state index in [1.165, 1.54) is 40.0 Å². The number of rotatable bonds is 1. The first-order valence-electron chi connectivity index (χ1n) is 12.1. The van der Waals surface area contributed by atoms with Crippen molar-refractivity contribution in [3.63, 3.8) is 0 Å². The van der Waals surface area contributed by atoms with Gasteiger partial charge >= 0.3 is 0 Å². The van der Waals surface area contributed by atoms with Crippen LogP contribution in [0.15, 0.2) is 97.1 Å². The minimum absolute atomic E-state index is 0.0438. The van der Waals surface area contributed by atoms with Crippen LogP contribution in [-0.4, -0.2) is 11.3 Å². The van der Waals surface area contributed by atoms with Gasteiger partial charge in [-0.25, -0.2) is 8.78 Å². The minimum Gasteiger partial charge on any atom is -0.310 e. The molecule has 0 radical (unpaired) electrons. The highest BCUT2D eigenvalue weighted by molar-refractivity contribution is 7.00. The molecule has 8 rings (SSSR count). The van der Waals surface area contributed by atoms with Crippen molar-refractivity contribution in [2.75, 3.05) is 4.90 Å². The molecule has 0 bridgehead atoms. The minimum atomic E-state index is -0.581. The summed E-state index contributed by atoms with van der Waals surface area (Å²) < 4.78 is 32.9. The third kappa shape index (κ3) is 2.35. The van der Waals surface area contributed by atoms with Crippen molar-refractivity contribution in [3.05, 3.63) is 114 Å². The molecule has 0 amide bonds. The van der Waals surface area contributed by atoms with Gasteiger partial charge in [0.2, 0.25) is 0 Å². The molecule has 2 nitrogen and oxygen atoms in total. The fourth-order valence-electron chi connectivity index (χ4n) is 6.42. The van der Waals surface area contributed by atoms with Crippen LogP contribution in [0.1, 0.15) is 5.56 Å². The van der Waals surface area contributed by atoms with Crippen molar-refractivity contribution in [3.8, 4) is 5.69 Å². The van der Waals surface area contributed by atoms with Gasteiger partial charge in [0, 0.05) is 33.4 Å². The Morgan fingerprint density at radius 3 is 2.22 bits per heavy atom. The molecular weight excluding hydrogens is 449 g/mol. The van der Waals surface area contributed by atoms with Crippen LogP contribution < -0.4 is 21.3 Å². The molecule has 0 unspecified atom stereocenters. The third-order valence-corrected chi connectivity index (χ3v) is 7.76. The van der Waals surface area contributed by atoms with E-state index in [9.17, 15) is 0 Å². The van der Waals surface area contributed by atoms with E-state index in [2.05, 4.69) is 66.1 Å². The number of aromatic nitrogens is 1. The zero-order valence-corrected chi connectivity index (χ0v) is 19.5. The van der Waals surface area contributed by atoms with E-state index in [0.29, 0.717) is 0 Å². The van der Waals surface area contributed by atoms with Crippen molar-refractivity contribution in [1.29, 1.82) is 0 Å². The molecule has 2 aliphatic heterocycles. The Morgan fingerprint density at radius 1 is 0.639 bits per heavy atom. The van der Waals surface area contributed by atoms with Gasteiger partial charge in [0.25, 0.3) is 6.71 Å². The maximum Gasteiger partial charge on any atom is 0.252 e. The Balaban J connectivity index is 1.58. The van der Waals surface area contributed by atoms with Crippen LogP contribution in [0.2, 0.25) is 0 Å². The summed E-state index contributed by atoms with van der Waals surface area (Å²) >= 11 is 0. The van der Waals surface area contributed by atoms with E-state index in [4.69, 9.17) is 0 Å². The molecule has 0 atom stereocenters. The van der Waals surface area contributed by atoms with Crippen LogP contribution in [0, 0.1) is 18.6 Å². The molecule has 36 heavy (non-hydrogen) atoms. The lowest BCUT2D eigenvalue weighted by Crippen LogP contribution is -2.60. The van der Waals surface area contributed by atoms with Gasteiger partial charge < -0.3 is 9.47 Å². The quantitative estimate of drug-likeness (QED) is 0.269. The predicted molar refractivity (Wildman–Crippen MR) is 145 cm³/mol. The van der Waals surface area contributed by atoms with E-state index < -0.39 is 11.6 Å². The number of hydrogen-bond donors (Lipinski definition) is 0. The molecule has 0 spiro atoms. The summed E-state index contributed by atoms with van der Waals surface area (Å²) in [6.45, 7) is 2.02. The Labute approximate surface area is 207 Å². The molecule has 6 aromatic rings. The van der Waals surface area contributed by atoms with Gasteiger partial charge in [-0.15, -0.1) is 0 Å². The molecule has 0 saturated carbocycles. The molecule has 1 aromatic heterocycles. The molecule has 0 N–H and O–H groups in total. The summed E-state index contributed by atoms with van der Waals surface area (Å²) in [6, 6.07) is 31.3. The van der Waals surface area contributed by atoms with Gasteiger partial charge in [0.05, 0.1) is 5.52 Å². The molecule has 3 heterocycles. The van der Waals surface area contributed by atoms with Crippen LogP contribution in [-0.2, 0) is 0 Å². The number of aryl methyl sites for hydroxylation is 1. The number of para-hydroxylation sites is 3. The predicted octanol–water partition coefficient (Wildman–Crippen LogP) is 5.98. The Kier molecular flexibility index (Phi) is 3.78. The van der Waals surface area contributed by atoms with Crippen molar-refractivity contribution < 1.29 is 8.78 Å². The molecule has 170 valence electrons. The van der Waals surface area contributed by atoms with Crippen LogP contribution in [0.3, 0.4) is 0 Å². The summed E-state index contributed by atoms with van der Waals surface area (Å²) in [5.74, 6) is -1.16. The third-order valence-electron chi connectivity index (χ3n) is 7.76. The highest BCUT2D eigenvalue weighted by atomic mass is 19.1. The smallest absolute Gasteiger partial charge is 0.252 e. The highest BCUT2D eigenvalue weighted by Crippen LogP contribution is 2.42. The van der Waals surface area contributed by atoms with E-state index >= 15 is 8.78 Å². The van der Waals surface area contributed by atoms with Gasteiger partial charge in [-0.2, -0.15) is 0 Å². The van der Waals surface area contributed by atoms with E-state index in [1.54, 1.807) is 4.90 Å². The monoisotopic (exact) mass is 468 g/mol. The molecule has 5 aromatic carbocycles. The number of anilines is 3. The molecule has 0 saturated heterocycles. The van der Waals surface area contributed by atoms with Crippen molar-refractivity contribution >= 4 is 62.0 Å². The summed E-state index contributed by atoms with van der Waals surface area (Å²) in [4.78, 5) is 1.77. The van der Waals surface area contributed by atoms with E-state index in [-0.39, 0.29) is 12.4 Å². The molecule has 0 aliphatic carbocycles. The number of halogens is 2. The Morgan fingerprint density at radius 2 is 1.36 bits per heavy atom. The largest absolute Gasteiger partial charge is 0.310 e. The molecule has 5 heteroatoms. The van der Waals surface area contributed by atoms with E-state index in [1.807, 2.05) is 24.3 Å². The average molecular weight is 468 g/mol. The van der Waals surface area contributed by atoms with Crippen LogP contribution in [0.4, 0.5) is 25.8 Å². The Bertz CT molecular complexity index is 1890. The second-order valence-electron chi connectivity index (χ2n) is 9.71. The summed E-state index contributed by atoms with van der Waals surface area (Å²) in [7, 11) is 0. The van der Waals surface area contributed by atoms with Gasteiger partial charge in [-0.1, -0.05) is 66.2 Å². The van der Waals surface area contributed by atoms with Gasteiger partial charge in [-0.05, 0) is 59.7 Å². The lowest BCUT2D eigenvalue weighted by atomic mass is 9.33. The van der Waals surface area contributed by atoms with Gasteiger partial charge in [0.15, 0.2) is 0 Å². The lowest BCUT2D eigenvalue weighted by molar-refractivity contribution is 0.586. The maximum atomic E-state index is 15.3. The Hall–Kier alpha value is -4.38. The first kappa shape index (κ1) is 19.9. The standard InChI is InChI=1S/C31H19BF2N2/c1-18-15-16-26-22(17-18)32-21-9-4-8-20-19-7-2-3-12-25(19)35(30(20)21)27-13-6-14-28(29(27)32)36(26)31-23(33)10-5-11-24(31)34/h2-17H,1H3. The van der Waals surface area contributed by atoms with Crippen molar-refractivity contribution in [2.45, 2.75) is 6.92 Å². The van der Waals surface area contributed by atoms with E-state index in [0.717, 1.165) is 39.1 Å². The van der Waals surface area contributed by atoms with Gasteiger partial charge in [0.1, 0.15) is 17.3 Å². The average Bonchev–Trinajstić information content (AvgIpc) is 3.23. The molecule has 2 aliphatic rings. The number of hydrogen-bond acceptors (Lipinski definition) is 1. The van der Waals surface area contributed by atoms with Gasteiger partial charge in [-0.3, -0.25) is 0 Å². The fourth-order valence-corrected chi connectivity index (χ4v) is 6.42. The molecule has 0 fully saturated rings. The topological polar surface area (TPSA) is 8.17 Å². The fraction of sp³-hybridized carbons (Fsp3) is 0.0323. The maximum absolute atomic E-state index is 15.3. The molecular formula is C31H19BF2N2. The summed E-state index contributed by atoms with van der Waals surface area (Å²) in [6.07, 6.45) is 0. The second-order valence-corrected chi connectivity index (χ2v) is 9.71.